The third kappa shape index (κ3) is 3.60. The van der Waals surface area contributed by atoms with E-state index in [-0.39, 0.29) is 18.6 Å². The third-order valence-electron chi connectivity index (χ3n) is 4.91. The summed E-state index contributed by atoms with van der Waals surface area (Å²) in [6.45, 7) is 7.62. The van der Waals surface area contributed by atoms with Gasteiger partial charge in [0.25, 0.3) is 5.92 Å². The lowest BCUT2D eigenvalue weighted by Gasteiger charge is -2.42. The number of alkyl halides is 2. The van der Waals surface area contributed by atoms with E-state index >= 15 is 0 Å². The smallest absolute Gasteiger partial charge is 0.410 e. The summed E-state index contributed by atoms with van der Waals surface area (Å²) in [7, 11) is 0. The number of hydrogen-bond donors (Lipinski definition) is 1. The summed E-state index contributed by atoms with van der Waals surface area (Å²) in [6, 6.07) is -0.137. The van der Waals surface area contributed by atoms with Crippen LogP contribution in [0.2, 0.25) is 0 Å². The molecule has 3 aliphatic rings. The molecule has 2 heterocycles. The zero-order chi connectivity index (χ0) is 16.9. The Morgan fingerprint density at radius 2 is 2.13 bits per heavy atom. The number of morpholine rings is 1. The zero-order valence-electron chi connectivity index (χ0n) is 14.0. The van der Waals surface area contributed by atoms with Crippen LogP contribution in [0.5, 0.6) is 0 Å². The highest BCUT2D eigenvalue weighted by Crippen LogP contribution is 2.52. The number of nitrogens with one attached hydrogen (secondary N) is 1. The zero-order valence-corrected chi connectivity index (χ0v) is 14.0. The molecule has 3 unspecified atom stereocenters. The highest BCUT2D eigenvalue weighted by Gasteiger charge is 2.60. The summed E-state index contributed by atoms with van der Waals surface area (Å²) in [5, 5.41) is 3.33. The van der Waals surface area contributed by atoms with Crippen molar-refractivity contribution in [1.82, 2.24) is 10.2 Å². The minimum Gasteiger partial charge on any atom is -0.444 e. The standard InChI is InChI=1S/C16H26F2N2O3/c1-14(2,3)23-13(21)20-6-4-15(10-20)12(19-5-7-22-15)8-11-9-16(11,17)18/h11-12,19H,4-10H2,1-3H3. The number of amides is 1. The molecule has 1 spiro atoms. The van der Waals surface area contributed by atoms with Crippen LogP contribution in [0.1, 0.15) is 40.0 Å². The van der Waals surface area contributed by atoms with Crippen molar-refractivity contribution in [3.8, 4) is 0 Å². The number of hydrogen-bond acceptors (Lipinski definition) is 4. The van der Waals surface area contributed by atoms with Gasteiger partial charge in [0.2, 0.25) is 0 Å². The van der Waals surface area contributed by atoms with Crippen molar-refractivity contribution in [2.24, 2.45) is 5.92 Å². The van der Waals surface area contributed by atoms with Gasteiger partial charge in [0.05, 0.1) is 13.2 Å². The second-order valence-corrected chi connectivity index (χ2v) is 7.97. The van der Waals surface area contributed by atoms with Gasteiger partial charge in [-0.25, -0.2) is 13.6 Å². The highest BCUT2D eigenvalue weighted by molar-refractivity contribution is 5.68. The maximum Gasteiger partial charge on any atom is 0.410 e. The first kappa shape index (κ1) is 16.9. The van der Waals surface area contributed by atoms with E-state index in [9.17, 15) is 13.6 Å². The molecule has 23 heavy (non-hydrogen) atoms. The first-order chi connectivity index (χ1) is 10.6. The van der Waals surface area contributed by atoms with E-state index in [4.69, 9.17) is 9.47 Å². The number of rotatable bonds is 2. The minimum absolute atomic E-state index is 0.0307. The first-order valence-electron chi connectivity index (χ1n) is 8.34. The molecule has 0 aromatic carbocycles. The monoisotopic (exact) mass is 332 g/mol. The molecule has 3 atom stereocenters. The Kier molecular flexibility index (Phi) is 4.08. The summed E-state index contributed by atoms with van der Waals surface area (Å²) in [5.41, 5.74) is -1.11. The van der Waals surface area contributed by atoms with Crippen LogP contribution in [0.25, 0.3) is 0 Å². The Balaban J connectivity index is 1.64. The molecule has 0 aromatic rings. The summed E-state index contributed by atoms with van der Waals surface area (Å²) in [4.78, 5) is 13.9. The molecule has 1 saturated carbocycles. The van der Waals surface area contributed by atoms with Crippen molar-refractivity contribution in [1.29, 1.82) is 0 Å². The molecule has 1 amide bonds. The van der Waals surface area contributed by atoms with E-state index in [1.54, 1.807) is 4.90 Å². The maximum atomic E-state index is 13.3. The van der Waals surface area contributed by atoms with E-state index in [0.717, 1.165) is 0 Å². The molecular weight excluding hydrogens is 306 g/mol. The molecule has 1 N–H and O–H groups in total. The van der Waals surface area contributed by atoms with Crippen molar-refractivity contribution < 1.29 is 23.0 Å². The van der Waals surface area contributed by atoms with Crippen LogP contribution in [0.3, 0.4) is 0 Å². The lowest BCUT2D eigenvalue weighted by molar-refractivity contribution is -0.0934. The van der Waals surface area contributed by atoms with Crippen LogP contribution < -0.4 is 5.32 Å². The van der Waals surface area contributed by atoms with Crippen molar-refractivity contribution in [2.45, 2.75) is 63.2 Å². The van der Waals surface area contributed by atoms with Gasteiger partial charge in [-0.15, -0.1) is 0 Å². The average molecular weight is 332 g/mol. The molecule has 132 valence electrons. The van der Waals surface area contributed by atoms with Crippen LogP contribution in [0, 0.1) is 5.92 Å². The van der Waals surface area contributed by atoms with Gasteiger partial charge in [0, 0.05) is 31.5 Å². The second-order valence-electron chi connectivity index (χ2n) is 7.97. The largest absolute Gasteiger partial charge is 0.444 e. The van der Waals surface area contributed by atoms with Crippen LogP contribution in [-0.2, 0) is 9.47 Å². The number of likely N-dealkylation sites (tertiary alicyclic amines) is 1. The molecule has 2 saturated heterocycles. The third-order valence-corrected chi connectivity index (χ3v) is 4.91. The highest BCUT2D eigenvalue weighted by atomic mass is 19.3. The number of ether oxygens (including phenoxy) is 2. The Morgan fingerprint density at radius 1 is 1.43 bits per heavy atom. The lowest BCUT2D eigenvalue weighted by atomic mass is 9.87. The van der Waals surface area contributed by atoms with Gasteiger partial charge < -0.3 is 19.7 Å². The van der Waals surface area contributed by atoms with Crippen molar-refractivity contribution >= 4 is 6.09 Å². The van der Waals surface area contributed by atoms with Gasteiger partial charge in [-0.3, -0.25) is 0 Å². The molecule has 1 aliphatic carbocycles. The summed E-state index contributed by atoms with van der Waals surface area (Å²) < 4.78 is 37.9. The molecule has 0 aromatic heterocycles. The maximum absolute atomic E-state index is 13.3. The van der Waals surface area contributed by atoms with E-state index in [0.29, 0.717) is 39.1 Å². The number of halogens is 2. The second kappa shape index (κ2) is 5.55. The predicted molar refractivity (Wildman–Crippen MR) is 80.6 cm³/mol. The van der Waals surface area contributed by atoms with Crippen molar-refractivity contribution in [2.75, 3.05) is 26.2 Å². The molecule has 3 rings (SSSR count). The van der Waals surface area contributed by atoms with Gasteiger partial charge in [-0.2, -0.15) is 0 Å². The number of nitrogens with zero attached hydrogens (tertiary/aromatic N) is 1. The summed E-state index contributed by atoms with van der Waals surface area (Å²) in [6.07, 6.45) is 0.660. The molecule has 7 heteroatoms. The summed E-state index contributed by atoms with van der Waals surface area (Å²) in [5.74, 6) is -3.09. The topological polar surface area (TPSA) is 50.8 Å². The first-order valence-corrected chi connectivity index (χ1v) is 8.34. The average Bonchev–Trinajstić information content (AvgIpc) is 2.82. The van der Waals surface area contributed by atoms with E-state index in [1.165, 1.54) is 0 Å². The fourth-order valence-corrected chi connectivity index (χ4v) is 3.57. The van der Waals surface area contributed by atoms with Gasteiger partial charge in [-0.05, 0) is 33.6 Å². The fraction of sp³-hybridized carbons (Fsp3) is 0.938. The van der Waals surface area contributed by atoms with E-state index < -0.39 is 23.0 Å². The lowest BCUT2D eigenvalue weighted by Crippen LogP contribution is -2.59. The molecule has 3 fully saturated rings. The molecule has 0 bridgehead atoms. The molecular formula is C16H26F2N2O3. The normalized spacial score (nSPS) is 36.3. The number of carbonyl (C=O) groups is 1. The van der Waals surface area contributed by atoms with Gasteiger partial charge in [0.15, 0.2) is 0 Å². The Morgan fingerprint density at radius 3 is 2.74 bits per heavy atom. The van der Waals surface area contributed by atoms with Crippen LogP contribution in [0.15, 0.2) is 0 Å². The Hall–Kier alpha value is -0.950. The van der Waals surface area contributed by atoms with Crippen molar-refractivity contribution in [3.63, 3.8) is 0 Å². The predicted octanol–water partition coefficient (Wildman–Crippen LogP) is 2.40. The fourth-order valence-electron chi connectivity index (χ4n) is 3.57. The van der Waals surface area contributed by atoms with Crippen LogP contribution >= 0.6 is 0 Å². The summed E-state index contributed by atoms with van der Waals surface area (Å²) >= 11 is 0. The number of carbonyl (C=O) groups excluding carboxylic acids is 1. The SMILES string of the molecule is CC(C)(C)OC(=O)N1CCC2(C1)OCCNC2CC1CC1(F)F. The van der Waals surface area contributed by atoms with Gasteiger partial charge in [-0.1, -0.05) is 0 Å². The van der Waals surface area contributed by atoms with Crippen LogP contribution in [-0.4, -0.2) is 60.4 Å². The van der Waals surface area contributed by atoms with Crippen molar-refractivity contribution in [3.05, 3.63) is 0 Å². The van der Waals surface area contributed by atoms with Gasteiger partial charge in [0.1, 0.15) is 11.2 Å². The van der Waals surface area contributed by atoms with Crippen LogP contribution in [0.4, 0.5) is 13.6 Å². The Labute approximate surface area is 135 Å². The van der Waals surface area contributed by atoms with E-state index in [2.05, 4.69) is 5.32 Å². The quantitative estimate of drug-likeness (QED) is 0.844. The molecule has 5 nitrogen and oxygen atoms in total. The van der Waals surface area contributed by atoms with E-state index in [1.807, 2.05) is 20.8 Å². The molecule has 2 aliphatic heterocycles. The Bertz CT molecular complexity index is 480. The minimum atomic E-state index is -2.52. The van der Waals surface area contributed by atoms with Gasteiger partial charge >= 0.3 is 6.09 Å². The molecule has 0 radical (unpaired) electrons.